The molecule has 0 aliphatic carbocycles. The van der Waals surface area contributed by atoms with Gasteiger partial charge in [0.25, 0.3) is 11.6 Å². The van der Waals surface area contributed by atoms with Crippen LogP contribution in [0.15, 0.2) is 41.1 Å². The molecule has 0 aliphatic rings. The number of anilines is 1. The lowest BCUT2D eigenvalue weighted by atomic mass is 10.1. The summed E-state index contributed by atoms with van der Waals surface area (Å²) in [6.45, 7) is 1.65. The minimum atomic E-state index is -0.568. The largest absolute Gasteiger partial charge is 0.320 e. The van der Waals surface area contributed by atoms with Crippen molar-refractivity contribution in [1.82, 2.24) is 4.98 Å². The Bertz CT molecular complexity index is 671. The van der Waals surface area contributed by atoms with Crippen LogP contribution in [0.25, 0.3) is 0 Å². The van der Waals surface area contributed by atoms with E-state index in [4.69, 9.17) is 0 Å². The maximum Gasteiger partial charge on any atom is 0.282 e. The fraction of sp³-hybridized carbons (Fsp3) is 0.0769. The molecule has 1 heterocycles. The molecule has 7 heteroatoms. The fourth-order valence-corrected chi connectivity index (χ4v) is 1.98. The molecule has 0 radical (unpaired) electrons. The number of halogens is 1. The summed E-state index contributed by atoms with van der Waals surface area (Å²) in [6.07, 6.45) is 1.46. The Morgan fingerprint density at radius 3 is 2.70 bits per heavy atom. The second-order valence-corrected chi connectivity index (χ2v) is 4.86. The summed E-state index contributed by atoms with van der Waals surface area (Å²) in [7, 11) is 0. The first kappa shape index (κ1) is 14.1. The molecule has 0 unspecified atom stereocenters. The number of hydrogen-bond donors (Lipinski definition) is 1. The van der Waals surface area contributed by atoms with Gasteiger partial charge in [0, 0.05) is 6.07 Å². The van der Waals surface area contributed by atoms with Gasteiger partial charge in [0.2, 0.25) is 0 Å². The van der Waals surface area contributed by atoms with Gasteiger partial charge in [-0.15, -0.1) is 0 Å². The monoisotopic (exact) mass is 335 g/mol. The minimum Gasteiger partial charge on any atom is -0.320 e. The van der Waals surface area contributed by atoms with Crippen molar-refractivity contribution in [1.29, 1.82) is 0 Å². The number of pyridine rings is 1. The summed E-state index contributed by atoms with van der Waals surface area (Å²) >= 11 is 3.19. The average molecular weight is 336 g/mol. The van der Waals surface area contributed by atoms with Crippen molar-refractivity contribution in [2.45, 2.75) is 6.92 Å². The van der Waals surface area contributed by atoms with Gasteiger partial charge in [-0.3, -0.25) is 14.9 Å². The third-order valence-corrected chi connectivity index (χ3v) is 3.13. The molecule has 1 N–H and O–H groups in total. The van der Waals surface area contributed by atoms with Crippen LogP contribution in [0.5, 0.6) is 0 Å². The van der Waals surface area contributed by atoms with Crippen molar-refractivity contribution in [2.24, 2.45) is 0 Å². The molecule has 6 nitrogen and oxygen atoms in total. The Kier molecular flexibility index (Phi) is 4.09. The number of aromatic nitrogens is 1. The summed E-state index contributed by atoms with van der Waals surface area (Å²) in [5.74, 6) is -0.529. The van der Waals surface area contributed by atoms with E-state index in [0.29, 0.717) is 15.9 Å². The standard InChI is InChI=1S/C13H10BrN3O3/c1-8-3-2-4-10(17(19)20)12(8)13(18)16-9-5-6-11(14)15-7-9/h2-7H,1H3,(H,16,18). The molecule has 20 heavy (non-hydrogen) atoms. The quantitative estimate of drug-likeness (QED) is 0.529. The Hall–Kier alpha value is -2.28. The predicted molar refractivity (Wildman–Crippen MR) is 77.7 cm³/mol. The number of rotatable bonds is 3. The Labute approximate surface area is 123 Å². The lowest BCUT2D eigenvalue weighted by molar-refractivity contribution is -0.385. The molecule has 0 saturated carbocycles. The molecule has 0 bridgehead atoms. The third-order valence-electron chi connectivity index (χ3n) is 2.66. The van der Waals surface area contributed by atoms with E-state index in [2.05, 4.69) is 26.2 Å². The Balaban J connectivity index is 2.34. The number of carbonyl (C=O) groups is 1. The van der Waals surface area contributed by atoms with Crippen molar-refractivity contribution in [3.63, 3.8) is 0 Å². The zero-order valence-electron chi connectivity index (χ0n) is 10.5. The highest BCUT2D eigenvalue weighted by Gasteiger charge is 2.22. The number of nitrogens with zero attached hydrogens (tertiary/aromatic N) is 2. The Morgan fingerprint density at radius 1 is 1.35 bits per heavy atom. The number of benzene rings is 1. The van der Waals surface area contributed by atoms with Crippen molar-refractivity contribution in [3.05, 3.63) is 62.4 Å². The highest BCUT2D eigenvalue weighted by molar-refractivity contribution is 9.10. The second kappa shape index (κ2) is 5.79. The molecule has 0 fully saturated rings. The summed E-state index contributed by atoms with van der Waals surface area (Å²) < 4.78 is 0.636. The fourth-order valence-electron chi connectivity index (χ4n) is 1.74. The number of nitro groups is 1. The van der Waals surface area contributed by atoms with Gasteiger partial charge in [-0.1, -0.05) is 12.1 Å². The lowest BCUT2D eigenvalue weighted by Gasteiger charge is -2.08. The highest BCUT2D eigenvalue weighted by Crippen LogP contribution is 2.23. The van der Waals surface area contributed by atoms with Crippen LogP contribution in [0.2, 0.25) is 0 Å². The van der Waals surface area contributed by atoms with Crippen molar-refractivity contribution < 1.29 is 9.72 Å². The van der Waals surface area contributed by atoms with E-state index in [0.717, 1.165) is 0 Å². The van der Waals surface area contributed by atoms with Crippen LogP contribution in [0.3, 0.4) is 0 Å². The van der Waals surface area contributed by atoms with Gasteiger partial charge < -0.3 is 5.32 Å². The van der Waals surface area contributed by atoms with Crippen LogP contribution in [0.4, 0.5) is 11.4 Å². The van der Waals surface area contributed by atoms with E-state index >= 15 is 0 Å². The molecule has 2 aromatic rings. The SMILES string of the molecule is Cc1cccc([N+](=O)[O-])c1C(=O)Nc1ccc(Br)nc1. The molecule has 0 spiro atoms. The first-order chi connectivity index (χ1) is 9.49. The van der Waals surface area contributed by atoms with Crippen LogP contribution in [-0.2, 0) is 0 Å². The van der Waals surface area contributed by atoms with E-state index in [9.17, 15) is 14.9 Å². The van der Waals surface area contributed by atoms with Crippen LogP contribution in [0, 0.1) is 17.0 Å². The molecular formula is C13H10BrN3O3. The van der Waals surface area contributed by atoms with E-state index in [1.54, 1.807) is 31.2 Å². The van der Waals surface area contributed by atoms with Gasteiger partial charge in [-0.05, 0) is 40.5 Å². The molecule has 1 aromatic carbocycles. The topological polar surface area (TPSA) is 85.1 Å². The molecule has 1 aromatic heterocycles. The van der Waals surface area contributed by atoms with Crippen molar-refractivity contribution in [2.75, 3.05) is 5.32 Å². The van der Waals surface area contributed by atoms with Gasteiger partial charge in [-0.25, -0.2) is 4.98 Å². The van der Waals surface area contributed by atoms with Crippen molar-refractivity contribution in [3.8, 4) is 0 Å². The first-order valence-corrected chi connectivity index (χ1v) is 6.45. The smallest absolute Gasteiger partial charge is 0.282 e. The van der Waals surface area contributed by atoms with Gasteiger partial charge in [0.05, 0.1) is 16.8 Å². The number of nitrogens with one attached hydrogen (secondary N) is 1. The van der Waals surface area contributed by atoms with Crippen LogP contribution in [0.1, 0.15) is 15.9 Å². The second-order valence-electron chi connectivity index (χ2n) is 4.05. The van der Waals surface area contributed by atoms with Gasteiger partial charge in [0.1, 0.15) is 10.2 Å². The molecular weight excluding hydrogens is 326 g/mol. The number of aryl methyl sites for hydroxylation is 1. The van der Waals surface area contributed by atoms with E-state index in [1.807, 2.05) is 0 Å². The zero-order chi connectivity index (χ0) is 14.7. The van der Waals surface area contributed by atoms with Crippen molar-refractivity contribution >= 4 is 33.2 Å². The Morgan fingerprint density at radius 2 is 2.10 bits per heavy atom. The van der Waals surface area contributed by atoms with Crippen LogP contribution in [-0.4, -0.2) is 15.8 Å². The molecule has 0 atom stereocenters. The zero-order valence-corrected chi connectivity index (χ0v) is 12.0. The van der Waals surface area contributed by atoms with Crippen LogP contribution < -0.4 is 5.32 Å². The van der Waals surface area contributed by atoms with Gasteiger partial charge >= 0.3 is 0 Å². The van der Waals surface area contributed by atoms with Gasteiger partial charge in [0.15, 0.2) is 0 Å². The predicted octanol–water partition coefficient (Wildman–Crippen LogP) is 3.31. The maximum atomic E-state index is 12.2. The average Bonchev–Trinajstić information content (AvgIpc) is 2.40. The summed E-state index contributed by atoms with van der Waals surface area (Å²) in [6, 6.07) is 7.83. The molecule has 0 saturated heterocycles. The first-order valence-electron chi connectivity index (χ1n) is 5.66. The highest BCUT2D eigenvalue weighted by atomic mass is 79.9. The number of nitro benzene ring substituents is 1. The lowest BCUT2D eigenvalue weighted by Crippen LogP contribution is -2.15. The minimum absolute atomic E-state index is 0.0559. The molecule has 2 rings (SSSR count). The van der Waals surface area contributed by atoms with E-state index in [1.165, 1.54) is 12.3 Å². The molecule has 0 aliphatic heterocycles. The van der Waals surface area contributed by atoms with E-state index in [-0.39, 0.29) is 11.3 Å². The van der Waals surface area contributed by atoms with Crippen LogP contribution >= 0.6 is 15.9 Å². The maximum absolute atomic E-state index is 12.2. The van der Waals surface area contributed by atoms with Gasteiger partial charge in [-0.2, -0.15) is 0 Å². The summed E-state index contributed by atoms with van der Waals surface area (Å²) in [5, 5.41) is 13.6. The molecule has 1 amide bonds. The number of carbonyl (C=O) groups excluding carboxylic acids is 1. The molecule has 102 valence electrons. The number of hydrogen-bond acceptors (Lipinski definition) is 4. The normalized spacial score (nSPS) is 10.1. The summed E-state index contributed by atoms with van der Waals surface area (Å²) in [5.41, 5.74) is 0.852. The van der Waals surface area contributed by atoms with E-state index < -0.39 is 10.8 Å². The third kappa shape index (κ3) is 3.00. The summed E-state index contributed by atoms with van der Waals surface area (Å²) in [4.78, 5) is 26.6. The number of amides is 1.